The molecule has 3 N–H and O–H groups in total. The lowest BCUT2D eigenvalue weighted by Crippen LogP contribution is -2.14. The number of carbonyl (C=O) groups excluding carboxylic acids is 1. The number of halogens is 1. The Morgan fingerprint density at radius 1 is 1.21 bits per heavy atom. The molecule has 0 radical (unpaired) electrons. The first-order chi connectivity index (χ1) is 14.0. The van der Waals surface area contributed by atoms with Gasteiger partial charge in [0.15, 0.2) is 11.6 Å². The Balaban J connectivity index is 1.44. The SMILES string of the molecule is CC(Oc1cc(Cl)cnc1N)c1cccc(NC(=O)c2ccc(C3CC3)cn2)c1. The van der Waals surface area contributed by atoms with E-state index in [0.29, 0.717) is 28.1 Å². The minimum atomic E-state index is -0.314. The third-order valence-electron chi connectivity index (χ3n) is 4.83. The van der Waals surface area contributed by atoms with Gasteiger partial charge in [-0.2, -0.15) is 0 Å². The molecule has 7 heteroatoms. The zero-order valence-electron chi connectivity index (χ0n) is 15.9. The highest BCUT2D eigenvalue weighted by molar-refractivity contribution is 6.30. The van der Waals surface area contributed by atoms with Crippen molar-refractivity contribution in [2.75, 3.05) is 11.1 Å². The van der Waals surface area contributed by atoms with Crippen LogP contribution in [0, 0.1) is 0 Å². The predicted molar refractivity (Wildman–Crippen MR) is 113 cm³/mol. The van der Waals surface area contributed by atoms with E-state index in [0.717, 1.165) is 5.56 Å². The maximum absolute atomic E-state index is 12.5. The van der Waals surface area contributed by atoms with Crippen molar-refractivity contribution >= 4 is 29.0 Å². The van der Waals surface area contributed by atoms with Crippen molar-refractivity contribution in [1.29, 1.82) is 0 Å². The quantitative estimate of drug-likeness (QED) is 0.600. The van der Waals surface area contributed by atoms with Crippen LogP contribution in [0.25, 0.3) is 0 Å². The summed E-state index contributed by atoms with van der Waals surface area (Å²) >= 11 is 5.97. The smallest absolute Gasteiger partial charge is 0.274 e. The number of rotatable bonds is 6. The fourth-order valence-corrected chi connectivity index (χ4v) is 3.19. The van der Waals surface area contributed by atoms with E-state index in [1.165, 1.54) is 24.6 Å². The summed E-state index contributed by atoms with van der Waals surface area (Å²) in [4.78, 5) is 20.8. The zero-order chi connectivity index (χ0) is 20.4. The summed E-state index contributed by atoms with van der Waals surface area (Å²) in [6.45, 7) is 1.89. The predicted octanol–water partition coefficient (Wildman–Crippen LogP) is 4.98. The Morgan fingerprint density at radius 3 is 2.76 bits per heavy atom. The molecule has 1 saturated carbocycles. The van der Waals surface area contributed by atoms with Gasteiger partial charge in [0.05, 0.1) is 5.02 Å². The number of benzene rings is 1. The van der Waals surface area contributed by atoms with Crippen LogP contribution in [0.15, 0.2) is 54.9 Å². The van der Waals surface area contributed by atoms with Gasteiger partial charge in [0.25, 0.3) is 5.91 Å². The molecule has 0 bridgehead atoms. The molecule has 2 heterocycles. The monoisotopic (exact) mass is 408 g/mol. The molecular formula is C22H21ClN4O2. The van der Waals surface area contributed by atoms with Gasteiger partial charge in [0.2, 0.25) is 0 Å². The normalized spacial score (nSPS) is 14.3. The van der Waals surface area contributed by atoms with Crippen molar-refractivity contribution in [3.05, 3.63) is 76.7 Å². The number of nitrogens with one attached hydrogen (secondary N) is 1. The molecular weight excluding hydrogens is 388 g/mol. The molecule has 4 rings (SSSR count). The van der Waals surface area contributed by atoms with E-state index < -0.39 is 0 Å². The number of carbonyl (C=O) groups is 1. The second-order valence-corrected chi connectivity index (χ2v) is 7.56. The highest BCUT2D eigenvalue weighted by Gasteiger charge is 2.24. The molecule has 2 aromatic heterocycles. The van der Waals surface area contributed by atoms with E-state index in [1.54, 1.807) is 18.3 Å². The number of aromatic nitrogens is 2. The van der Waals surface area contributed by atoms with E-state index in [4.69, 9.17) is 22.1 Å². The first-order valence-corrected chi connectivity index (χ1v) is 9.82. The molecule has 6 nitrogen and oxygen atoms in total. The molecule has 0 aliphatic heterocycles. The standard InChI is InChI=1S/C22H21ClN4O2/c1-13(29-20-10-17(23)12-26-21(20)24)15-3-2-4-18(9-15)27-22(28)19-8-7-16(11-25-19)14-5-6-14/h2-4,7-14H,5-6H2,1H3,(H2,24,26)(H,27,28). The van der Waals surface area contributed by atoms with Gasteiger partial charge in [-0.1, -0.05) is 29.8 Å². The average molecular weight is 409 g/mol. The molecule has 1 amide bonds. The van der Waals surface area contributed by atoms with Gasteiger partial charge >= 0.3 is 0 Å². The highest BCUT2D eigenvalue weighted by atomic mass is 35.5. The van der Waals surface area contributed by atoms with Crippen LogP contribution in [0.4, 0.5) is 11.5 Å². The van der Waals surface area contributed by atoms with Gasteiger partial charge in [-0.25, -0.2) is 4.98 Å². The van der Waals surface area contributed by atoms with Crippen LogP contribution in [0.5, 0.6) is 5.75 Å². The lowest BCUT2D eigenvalue weighted by Gasteiger charge is -2.17. The van der Waals surface area contributed by atoms with Gasteiger partial charge in [-0.05, 0) is 55.0 Å². The fourth-order valence-electron chi connectivity index (χ4n) is 3.05. The maximum Gasteiger partial charge on any atom is 0.274 e. The van der Waals surface area contributed by atoms with E-state index in [-0.39, 0.29) is 17.8 Å². The number of ether oxygens (including phenoxy) is 1. The summed E-state index contributed by atoms with van der Waals surface area (Å²) in [5.41, 5.74) is 8.97. The Hall–Kier alpha value is -3.12. The summed E-state index contributed by atoms with van der Waals surface area (Å²) < 4.78 is 5.90. The topological polar surface area (TPSA) is 90.1 Å². The van der Waals surface area contributed by atoms with Gasteiger partial charge < -0.3 is 15.8 Å². The molecule has 29 heavy (non-hydrogen) atoms. The van der Waals surface area contributed by atoms with Crippen LogP contribution in [0.2, 0.25) is 5.02 Å². The molecule has 1 unspecified atom stereocenters. The molecule has 0 spiro atoms. The van der Waals surface area contributed by atoms with Crippen molar-refractivity contribution in [2.45, 2.75) is 31.8 Å². The zero-order valence-corrected chi connectivity index (χ0v) is 16.7. The number of hydrogen-bond acceptors (Lipinski definition) is 5. The Kier molecular flexibility index (Phi) is 5.36. The number of nitrogen functional groups attached to an aromatic ring is 1. The molecule has 3 aromatic rings. The minimum absolute atomic E-state index is 0.249. The Bertz CT molecular complexity index is 1040. The van der Waals surface area contributed by atoms with Crippen molar-refractivity contribution < 1.29 is 9.53 Å². The van der Waals surface area contributed by atoms with Crippen LogP contribution < -0.4 is 15.8 Å². The summed E-state index contributed by atoms with van der Waals surface area (Å²) in [5, 5.41) is 3.33. The van der Waals surface area contributed by atoms with Crippen LogP contribution in [0.1, 0.15) is 53.4 Å². The van der Waals surface area contributed by atoms with Crippen molar-refractivity contribution in [3.8, 4) is 5.75 Å². The largest absolute Gasteiger partial charge is 0.482 e. The average Bonchev–Trinajstić information content (AvgIpc) is 3.56. The Morgan fingerprint density at radius 2 is 2.03 bits per heavy atom. The first-order valence-electron chi connectivity index (χ1n) is 9.44. The number of anilines is 2. The van der Waals surface area contributed by atoms with Gasteiger partial charge in [0, 0.05) is 24.1 Å². The van der Waals surface area contributed by atoms with Crippen LogP contribution in [-0.2, 0) is 0 Å². The van der Waals surface area contributed by atoms with Gasteiger partial charge in [0.1, 0.15) is 11.8 Å². The minimum Gasteiger partial charge on any atom is -0.482 e. The lowest BCUT2D eigenvalue weighted by atomic mass is 10.1. The van der Waals surface area contributed by atoms with E-state index in [1.807, 2.05) is 37.3 Å². The molecule has 1 aliphatic rings. The summed E-state index contributed by atoms with van der Waals surface area (Å²) in [6, 6.07) is 12.8. The third kappa shape index (κ3) is 4.66. The Labute approximate surface area is 174 Å². The van der Waals surface area contributed by atoms with E-state index in [2.05, 4.69) is 15.3 Å². The van der Waals surface area contributed by atoms with Crippen LogP contribution in [0.3, 0.4) is 0 Å². The second-order valence-electron chi connectivity index (χ2n) is 7.13. The highest BCUT2D eigenvalue weighted by Crippen LogP contribution is 2.39. The summed E-state index contributed by atoms with van der Waals surface area (Å²) in [6.07, 6.45) is 5.36. The van der Waals surface area contributed by atoms with Crippen LogP contribution >= 0.6 is 11.6 Å². The maximum atomic E-state index is 12.5. The van der Waals surface area contributed by atoms with Crippen molar-refractivity contribution in [2.24, 2.45) is 0 Å². The number of nitrogens with two attached hydrogens (primary N) is 1. The van der Waals surface area contributed by atoms with Gasteiger partial charge in [-0.3, -0.25) is 9.78 Å². The fraction of sp³-hybridized carbons (Fsp3) is 0.227. The van der Waals surface area contributed by atoms with Crippen molar-refractivity contribution in [1.82, 2.24) is 9.97 Å². The summed E-state index contributed by atoms with van der Waals surface area (Å²) in [5.74, 6) is 1.05. The molecule has 1 atom stereocenters. The van der Waals surface area contributed by atoms with E-state index >= 15 is 0 Å². The summed E-state index contributed by atoms with van der Waals surface area (Å²) in [7, 11) is 0. The second kappa shape index (κ2) is 8.09. The first kappa shape index (κ1) is 19.2. The molecule has 0 saturated heterocycles. The molecule has 148 valence electrons. The van der Waals surface area contributed by atoms with Crippen LogP contribution in [-0.4, -0.2) is 15.9 Å². The van der Waals surface area contributed by atoms with Crippen molar-refractivity contribution in [3.63, 3.8) is 0 Å². The number of pyridine rings is 2. The van der Waals surface area contributed by atoms with Gasteiger partial charge in [-0.15, -0.1) is 0 Å². The number of amides is 1. The molecule has 1 aromatic carbocycles. The number of nitrogens with zero attached hydrogens (tertiary/aromatic N) is 2. The third-order valence-corrected chi connectivity index (χ3v) is 5.04. The lowest BCUT2D eigenvalue weighted by molar-refractivity contribution is 0.102. The molecule has 1 aliphatic carbocycles. The van der Waals surface area contributed by atoms with E-state index in [9.17, 15) is 4.79 Å². The molecule has 1 fully saturated rings. The number of hydrogen-bond donors (Lipinski definition) is 2.